The third-order valence-corrected chi connectivity index (χ3v) is 4.45. The van der Waals surface area contributed by atoms with E-state index in [0.29, 0.717) is 6.42 Å². The highest BCUT2D eigenvalue weighted by Gasteiger charge is 2.16. The smallest absolute Gasteiger partial charge is 0.226 e. The maximum absolute atomic E-state index is 12.1. The van der Waals surface area contributed by atoms with Crippen LogP contribution < -0.4 is 5.32 Å². The second-order valence-electron chi connectivity index (χ2n) is 5.91. The summed E-state index contributed by atoms with van der Waals surface area (Å²) in [5, 5.41) is 11.3. The van der Waals surface area contributed by atoms with Gasteiger partial charge < -0.3 is 10.2 Å². The average Bonchev–Trinajstić information content (AvgIpc) is 2.55. The van der Waals surface area contributed by atoms with Gasteiger partial charge in [0.1, 0.15) is 0 Å². The van der Waals surface area contributed by atoms with Crippen molar-refractivity contribution in [3.05, 3.63) is 23.0 Å². The van der Waals surface area contributed by atoms with Crippen molar-refractivity contribution in [2.75, 3.05) is 26.2 Å². The van der Waals surface area contributed by atoms with Gasteiger partial charge in [-0.15, -0.1) is 0 Å². The Bertz CT molecular complexity index is 486. The van der Waals surface area contributed by atoms with Crippen LogP contribution in [0.2, 0.25) is 0 Å². The third kappa shape index (κ3) is 4.77. The Morgan fingerprint density at radius 2 is 2.05 bits per heavy atom. The van der Waals surface area contributed by atoms with E-state index in [-0.39, 0.29) is 5.91 Å². The van der Waals surface area contributed by atoms with E-state index >= 15 is 0 Å². The predicted octanol–water partition coefficient (Wildman–Crippen LogP) is 1.75. The molecule has 1 aliphatic rings. The lowest BCUT2D eigenvalue weighted by Gasteiger charge is -2.18. The molecule has 1 heterocycles. The van der Waals surface area contributed by atoms with Crippen molar-refractivity contribution in [3.8, 4) is 0 Å². The predicted molar refractivity (Wildman–Crippen MR) is 87.8 cm³/mol. The first-order chi connectivity index (χ1) is 10.7. The number of nitrogens with one attached hydrogen (secondary N) is 1. The van der Waals surface area contributed by atoms with Crippen LogP contribution in [-0.2, 0) is 24.1 Å². The van der Waals surface area contributed by atoms with Gasteiger partial charge >= 0.3 is 0 Å². The van der Waals surface area contributed by atoms with Gasteiger partial charge in [0.05, 0.1) is 18.3 Å². The third-order valence-electron chi connectivity index (χ3n) is 4.45. The number of hydrogen-bond acceptors (Lipinski definition) is 4. The van der Waals surface area contributed by atoms with E-state index in [1.165, 1.54) is 24.0 Å². The summed E-state index contributed by atoms with van der Waals surface area (Å²) >= 11 is 0. The van der Waals surface area contributed by atoms with Crippen LogP contribution in [0.15, 0.2) is 6.20 Å². The van der Waals surface area contributed by atoms with Crippen LogP contribution in [0, 0.1) is 0 Å². The number of nitrogens with zero attached hydrogens (tertiary/aromatic N) is 3. The molecule has 0 unspecified atom stereocenters. The molecule has 1 aromatic rings. The Morgan fingerprint density at radius 3 is 2.82 bits per heavy atom. The maximum Gasteiger partial charge on any atom is 0.226 e. The molecule has 5 nitrogen and oxygen atoms in total. The molecule has 2 rings (SSSR count). The van der Waals surface area contributed by atoms with Gasteiger partial charge in [-0.2, -0.15) is 10.2 Å². The lowest BCUT2D eigenvalue weighted by molar-refractivity contribution is -0.120. The number of amides is 1. The van der Waals surface area contributed by atoms with E-state index < -0.39 is 0 Å². The first-order valence-corrected chi connectivity index (χ1v) is 8.56. The number of aryl methyl sites for hydroxylation is 1. The Hall–Kier alpha value is -1.49. The molecular weight excluding hydrogens is 276 g/mol. The van der Waals surface area contributed by atoms with Gasteiger partial charge in [0, 0.05) is 6.54 Å². The fourth-order valence-electron chi connectivity index (χ4n) is 3.06. The summed E-state index contributed by atoms with van der Waals surface area (Å²) in [6.45, 7) is 8.23. The summed E-state index contributed by atoms with van der Waals surface area (Å²) < 4.78 is 0. The Balaban J connectivity index is 1.78. The summed E-state index contributed by atoms with van der Waals surface area (Å²) in [4.78, 5) is 14.5. The molecule has 0 aliphatic heterocycles. The molecule has 1 aromatic heterocycles. The van der Waals surface area contributed by atoms with Crippen molar-refractivity contribution in [1.29, 1.82) is 0 Å². The Morgan fingerprint density at radius 1 is 1.27 bits per heavy atom. The molecule has 1 amide bonds. The van der Waals surface area contributed by atoms with Crippen LogP contribution in [-0.4, -0.2) is 47.2 Å². The van der Waals surface area contributed by atoms with Gasteiger partial charge in [-0.25, -0.2) is 0 Å². The summed E-state index contributed by atoms with van der Waals surface area (Å²) in [7, 11) is 0. The van der Waals surface area contributed by atoms with Gasteiger partial charge in [0.15, 0.2) is 0 Å². The quantitative estimate of drug-likeness (QED) is 0.743. The van der Waals surface area contributed by atoms with Crippen molar-refractivity contribution in [3.63, 3.8) is 0 Å². The molecule has 0 spiro atoms. The van der Waals surface area contributed by atoms with E-state index in [4.69, 9.17) is 0 Å². The largest absolute Gasteiger partial charge is 0.356 e. The van der Waals surface area contributed by atoms with Crippen LogP contribution in [0.3, 0.4) is 0 Å². The standard InChI is InChI=1S/C17H28N4O/c1-3-21(4-2)11-7-10-18-17(22)12-16-15-9-6-5-8-14(15)13-19-20-16/h13H,3-12H2,1-2H3,(H,18,22). The lowest BCUT2D eigenvalue weighted by Crippen LogP contribution is -2.31. The number of carbonyl (C=O) groups is 1. The van der Waals surface area contributed by atoms with Crippen molar-refractivity contribution < 1.29 is 4.79 Å². The highest BCUT2D eigenvalue weighted by Crippen LogP contribution is 2.22. The van der Waals surface area contributed by atoms with Crippen LogP contribution in [0.5, 0.6) is 0 Å². The maximum atomic E-state index is 12.1. The van der Waals surface area contributed by atoms with Gasteiger partial charge in [-0.05, 0) is 62.9 Å². The molecule has 0 aromatic carbocycles. The van der Waals surface area contributed by atoms with Crippen molar-refractivity contribution in [1.82, 2.24) is 20.4 Å². The minimum atomic E-state index is 0.0628. The molecule has 0 atom stereocenters. The SMILES string of the molecule is CCN(CC)CCCNC(=O)Cc1nncc2c1CCCC2. The van der Waals surface area contributed by atoms with Gasteiger partial charge in [0.2, 0.25) is 5.91 Å². The lowest BCUT2D eigenvalue weighted by atomic mass is 9.91. The highest BCUT2D eigenvalue weighted by atomic mass is 16.1. The molecule has 0 saturated heterocycles. The summed E-state index contributed by atoms with van der Waals surface area (Å²) in [6, 6.07) is 0. The van der Waals surface area contributed by atoms with Gasteiger partial charge in [-0.1, -0.05) is 13.8 Å². The molecule has 1 aliphatic carbocycles. The Labute approximate surface area is 133 Å². The van der Waals surface area contributed by atoms with Gasteiger partial charge in [0.25, 0.3) is 0 Å². The number of carbonyl (C=O) groups excluding carboxylic acids is 1. The zero-order valence-electron chi connectivity index (χ0n) is 13.9. The van der Waals surface area contributed by atoms with Crippen LogP contribution in [0.25, 0.3) is 0 Å². The van der Waals surface area contributed by atoms with Gasteiger partial charge in [-0.3, -0.25) is 4.79 Å². The van der Waals surface area contributed by atoms with E-state index in [2.05, 4.69) is 34.3 Å². The molecule has 0 fully saturated rings. The molecular formula is C17H28N4O. The fraction of sp³-hybridized carbons (Fsp3) is 0.706. The fourth-order valence-corrected chi connectivity index (χ4v) is 3.06. The first kappa shape index (κ1) is 16.9. The summed E-state index contributed by atoms with van der Waals surface area (Å²) in [6.07, 6.45) is 7.74. The average molecular weight is 304 g/mol. The van der Waals surface area contributed by atoms with E-state index in [1.54, 1.807) is 0 Å². The minimum absolute atomic E-state index is 0.0628. The minimum Gasteiger partial charge on any atom is -0.356 e. The molecule has 5 heteroatoms. The molecule has 0 bridgehead atoms. The van der Waals surface area contributed by atoms with Crippen LogP contribution in [0.4, 0.5) is 0 Å². The van der Waals surface area contributed by atoms with E-state index in [0.717, 1.165) is 51.1 Å². The van der Waals surface area contributed by atoms with E-state index in [1.807, 2.05) is 6.20 Å². The molecule has 122 valence electrons. The van der Waals surface area contributed by atoms with Crippen molar-refractivity contribution >= 4 is 5.91 Å². The normalized spacial score (nSPS) is 14.0. The monoisotopic (exact) mass is 304 g/mol. The number of fused-ring (bicyclic) bond motifs is 1. The highest BCUT2D eigenvalue weighted by molar-refractivity contribution is 5.78. The number of hydrogen-bond donors (Lipinski definition) is 1. The second kappa shape index (κ2) is 8.83. The summed E-state index contributed by atoms with van der Waals surface area (Å²) in [5.41, 5.74) is 3.42. The zero-order valence-corrected chi connectivity index (χ0v) is 13.9. The summed E-state index contributed by atoms with van der Waals surface area (Å²) in [5.74, 6) is 0.0628. The number of rotatable bonds is 8. The van der Waals surface area contributed by atoms with E-state index in [9.17, 15) is 4.79 Å². The van der Waals surface area contributed by atoms with Crippen molar-refractivity contribution in [2.45, 2.75) is 52.4 Å². The number of aromatic nitrogens is 2. The zero-order chi connectivity index (χ0) is 15.8. The molecule has 1 N–H and O–H groups in total. The molecule has 0 radical (unpaired) electrons. The van der Waals surface area contributed by atoms with Crippen LogP contribution in [0.1, 0.15) is 49.9 Å². The molecule has 0 saturated carbocycles. The first-order valence-electron chi connectivity index (χ1n) is 8.56. The van der Waals surface area contributed by atoms with Crippen molar-refractivity contribution in [2.24, 2.45) is 0 Å². The topological polar surface area (TPSA) is 58.1 Å². The second-order valence-corrected chi connectivity index (χ2v) is 5.91. The van der Waals surface area contributed by atoms with Crippen LogP contribution >= 0.6 is 0 Å². The molecule has 22 heavy (non-hydrogen) atoms. The Kier molecular flexibility index (Phi) is 6.77.